The topological polar surface area (TPSA) is 45.2 Å². The molecule has 1 N–H and O–H groups in total. The zero-order valence-corrected chi connectivity index (χ0v) is 15.0. The summed E-state index contributed by atoms with van der Waals surface area (Å²) in [6.07, 6.45) is 0.937. The molecule has 1 aromatic carbocycles. The van der Waals surface area contributed by atoms with Gasteiger partial charge in [-0.3, -0.25) is 9.80 Å². The summed E-state index contributed by atoms with van der Waals surface area (Å²) in [4.78, 5) is 4.52. The van der Waals surface area contributed by atoms with Crippen LogP contribution in [0.5, 0.6) is 11.5 Å². The molecule has 130 valence electrons. The molecule has 1 aromatic rings. The van der Waals surface area contributed by atoms with Gasteiger partial charge in [0.25, 0.3) is 0 Å². The Balaban J connectivity index is 2.19. The van der Waals surface area contributed by atoms with Crippen LogP contribution in [0.2, 0.25) is 5.02 Å². The summed E-state index contributed by atoms with van der Waals surface area (Å²) in [5.74, 6) is 1.45. The number of ether oxygens (including phenoxy) is 2. The van der Waals surface area contributed by atoms with Crippen molar-refractivity contribution in [2.75, 3.05) is 47.0 Å². The van der Waals surface area contributed by atoms with E-state index in [1.807, 2.05) is 6.07 Å². The number of rotatable bonds is 7. The Hall–Kier alpha value is -1.01. The number of aliphatic hydroxyl groups excluding tert-OH is 1. The third kappa shape index (κ3) is 4.73. The molecule has 1 saturated heterocycles. The normalized spacial score (nSPS) is 19.8. The Bertz CT molecular complexity index is 513. The van der Waals surface area contributed by atoms with E-state index in [9.17, 15) is 5.11 Å². The number of nitrogens with zero attached hydrogens (tertiary/aromatic N) is 2. The lowest BCUT2D eigenvalue weighted by atomic mass is 10.1. The molecular weight excluding hydrogens is 316 g/mol. The number of likely N-dealkylation sites (N-methyl/N-ethyl adjacent to an activating group) is 1. The summed E-state index contributed by atoms with van der Waals surface area (Å²) >= 11 is 6.23. The van der Waals surface area contributed by atoms with Gasteiger partial charge in [0, 0.05) is 48.9 Å². The van der Waals surface area contributed by atoms with Gasteiger partial charge in [0.15, 0.2) is 11.5 Å². The highest BCUT2D eigenvalue weighted by molar-refractivity contribution is 6.30. The molecule has 5 nitrogen and oxygen atoms in total. The van der Waals surface area contributed by atoms with E-state index in [1.165, 1.54) is 0 Å². The fourth-order valence-corrected chi connectivity index (χ4v) is 3.08. The first-order valence-corrected chi connectivity index (χ1v) is 8.49. The monoisotopic (exact) mass is 342 g/mol. The molecule has 0 saturated carbocycles. The predicted octanol–water partition coefficient (Wildman–Crippen LogP) is 2.25. The van der Waals surface area contributed by atoms with Gasteiger partial charge in [0.2, 0.25) is 0 Å². The van der Waals surface area contributed by atoms with E-state index < -0.39 is 0 Å². The van der Waals surface area contributed by atoms with Crippen LogP contribution in [0.15, 0.2) is 12.1 Å². The van der Waals surface area contributed by atoms with Gasteiger partial charge in [-0.25, -0.2) is 0 Å². The number of methoxy groups -OCH3 is 1. The average molecular weight is 343 g/mol. The fraction of sp³-hybridized carbons (Fsp3) is 0.647. The summed E-state index contributed by atoms with van der Waals surface area (Å²) < 4.78 is 11.3. The fourth-order valence-electron chi connectivity index (χ4n) is 2.85. The smallest absolute Gasteiger partial charge is 0.165 e. The summed E-state index contributed by atoms with van der Waals surface area (Å²) in [5, 5.41) is 10.2. The second-order valence-electron chi connectivity index (χ2n) is 6.00. The Morgan fingerprint density at radius 1 is 1.35 bits per heavy atom. The quantitative estimate of drug-likeness (QED) is 0.823. The SMILES string of the molecule is CCCOc1c(CN2CCN(C)[C@@H](CO)C2)cc(Cl)cc1OC. The Kier molecular flexibility index (Phi) is 6.96. The van der Waals surface area contributed by atoms with Crippen molar-refractivity contribution in [1.82, 2.24) is 9.80 Å². The molecule has 2 rings (SSSR count). The van der Waals surface area contributed by atoms with Crippen LogP contribution in [-0.4, -0.2) is 68.0 Å². The van der Waals surface area contributed by atoms with Crippen LogP contribution in [0.1, 0.15) is 18.9 Å². The van der Waals surface area contributed by atoms with E-state index in [-0.39, 0.29) is 12.6 Å². The van der Waals surface area contributed by atoms with E-state index in [2.05, 4.69) is 23.8 Å². The summed E-state index contributed by atoms with van der Waals surface area (Å²) in [7, 11) is 3.68. The van der Waals surface area contributed by atoms with E-state index in [0.717, 1.165) is 43.9 Å². The summed E-state index contributed by atoms with van der Waals surface area (Å²) in [6, 6.07) is 3.91. The van der Waals surface area contributed by atoms with Crippen molar-refractivity contribution >= 4 is 11.6 Å². The lowest BCUT2D eigenvalue weighted by Gasteiger charge is -2.38. The first-order valence-electron chi connectivity index (χ1n) is 8.11. The number of halogens is 1. The van der Waals surface area contributed by atoms with E-state index in [1.54, 1.807) is 13.2 Å². The molecule has 6 heteroatoms. The largest absolute Gasteiger partial charge is 0.493 e. The Morgan fingerprint density at radius 2 is 2.13 bits per heavy atom. The highest BCUT2D eigenvalue weighted by Crippen LogP contribution is 2.35. The molecule has 1 aliphatic rings. The zero-order valence-electron chi connectivity index (χ0n) is 14.2. The van der Waals surface area contributed by atoms with Crippen molar-refractivity contribution in [2.45, 2.75) is 25.9 Å². The van der Waals surface area contributed by atoms with E-state index in [4.69, 9.17) is 21.1 Å². The molecule has 0 bridgehead atoms. The molecule has 0 amide bonds. The van der Waals surface area contributed by atoms with E-state index in [0.29, 0.717) is 17.4 Å². The highest BCUT2D eigenvalue weighted by Gasteiger charge is 2.25. The maximum atomic E-state index is 9.51. The third-order valence-corrected chi connectivity index (χ3v) is 4.45. The molecule has 0 spiro atoms. The predicted molar refractivity (Wildman–Crippen MR) is 92.6 cm³/mol. The van der Waals surface area contributed by atoms with Crippen LogP contribution < -0.4 is 9.47 Å². The van der Waals surface area contributed by atoms with Gasteiger partial charge in [-0.2, -0.15) is 0 Å². The molecular formula is C17H27ClN2O3. The lowest BCUT2D eigenvalue weighted by Crippen LogP contribution is -2.52. The number of hydrogen-bond acceptors (Lipinski definition) is 5. The molecule has 23 heavy (non-hydrogen) atoms. The zero-order chi connectivity index (χ0) is 16.8. The highest BCUT2D eigenvalue weighted by atomic mass is 35.5. The molecule has 0 radical (unpaired) electrons. The van der Waals surface area contributed by atoms with Gasteiger partial charge in [-0.05, 0) is 19.5 Å². The maximum Gasteiger partial charge on any atom is 0.165 e. The van der Waals surface area contributed by atoms with Crippen LogP contribution in [-0.2, 0) is 6.54 Å². The van der Waals surface area contributed by atoms with Crippen molar-refractivity contribution in [1.29, 1.82) is 0 Å². The van der Waals surface area contributed by atoms with Crippen molar-refractivity contribution in [2.24, 2.45) is 0 Å². The van der Waals surface area contributed by atoms with Crippen molar-refractivity contribution in [3.8, 4) is 11.5 Å². The van der Waals surface area contributed by atoms with Gasteiger partial charge in [-0.1, -0.05) is 18.5 Å². The number of benzene rings is 1. The maximum absolute atomic E-state index is 9.51. The first-order chi connectivity index (χ1) is 11.1. The Labute approximate surface area is 143 Å². The molecule has 1 fully saturated rings. The van der Waals surface area contributed by atoms with Gasteiger partial charge in [0.05, 0.1) is 20.3 Å². The van der Waals surface area contributed by atoms with Gasteiger partial charge in [0.1, 0.15) is 0 Å². The number of hydrogen-bond donors (Lipinski definition) is 1. The molecule has 1 heterocycles. The molecule has 0 unspecified atom stereocenters. The second-order valence-corrected chi connectivity index (χ2v) is 6.43. The number of aliphatic hydroxyl groups is 1. The van der Waals surface area contributed by atoms with Gasteiger partial charge < -0.3 is 14.6 Å². The second kappa shape index (κ2) is 8.73. The molecule has 0 aromatic heterocycles. The van der Waals surface area contributed by atoms with Crippen LogP contribution in [0.4, 0.5) is 0 Å². The average Bonchev–Trinajstić information content (AvgIpc) is 2.55. The van der Waals surface area contributed by atoms with Crippen molar-refractivity contribution < 1.29 is 14.6 Å². The van der Waals surface area contributed by atoms with Crippen LogP contribution in [0.25, 0.3) is 0 Å². The standard InChI is InChI=1S/C17H27ClN2O3/c1-4-7-23-17-13(8-14(18)9-16(17)22-3)10-20-6-5-19(2)15(11-20)12-21/h8-9,15,21H,4-7,10-12H2,1-3H3/t15-/m1/s1. The Morgan fingerprint density at radius 3 is 2.78 bits per heavy atom. The van der Waals surface area contributed by atoms with Gasteiger partial charge >= 0.3 is 0 Å². The van der Waals surface area contributed by atoms with Crippen molar-refractivity contribution in [3.05, 3.63) is 22.7 Å². The first kappa shape index (κ1) is 18.3. The minimum atomic E-state index is 0.171. The van der Waals surface area contributed by atoms with Crippen molar-refractivity contribution in [3.63, 3.8) is 0 Å². The summed E-state index contributed by atoms with van der Waals surface area (Å²) in [5.41, 5.74) is 1.03. The summed E-state index contributed by atoms with van der Waals surface area (Å²) in [6.45, 7) is 6.35. The van der Waals surface area contributed by atoms with Crippen LogP contribution in [0.3, 0.4) is 0 Å². The molecule has 1 atom stereocenters. The lowest BCUT2D eigenvalue weighted by molar-refractivity contribution is 0.0535. The van der Waals surface area contributed by atoms with E-state index >= 15 is 0 Å². The molecule has 1 aliphatic heterocycles. The van der Waals surface area contributed by atoms with Crippen LogP contribution >= 0.6 is 11.6 Å². The third-order valence-electron chi connectivity index (χ3n) is 4.23. The number of piperazine rings is 1. The van der Waals surface area contributed by atoms with Gasteiger partial charge in [-0.15, -0.1) is 0 Å². The minimum Gasteiger partial charge on any atom is -0.493 e. The minimum absolute atomic E-state index is 0.171. The van der Waals surface area contributed by atoms with Crippen LogP contribution in [0, 0.1) is 0 Å². The molecule has 0 aliphatic carbocycles.